The van der Waals surface area contributed by atoms with Gasteiger partial charge in [0.1, 0.15) is 10.8 Å². The lowest BCUT2D eigenvalue weighted by Gasteiger charge is -2.26. The number of rotatable bonds is 1. The van der Waals surface area contributed by atoms with Crippen molar-refractivity contribution < 1.29 is 4.39 Å². The largest absolute Gasteiger partial charge is 0.308 e. The molecule has 1 saturated heterocycles. The molecule has 1 aliphatic rings. The SMILES string of the molecule is CC1CCNC(c2nc3cc(F)ccc3s2)C1. The van der Waals surface area contributed by atoms with Gasteiger partial charge in [0.2, 0.25) is 0 Å². The van der Waals surface area contributed by atoms with Crippen molar-refractivity contribution in [3.05, 3.63) is 29.0 Å². The molecule has 2 unspecified atom stereocenters. The molecule has 0 aliphatic carbocycles. The van der Waals surface area contributed by atoms with Crippen LogP contribution >= 0.6 is 11.3 Å². The van der Waals surface area contributed by atoms with Crippen LogP contribution in [0.2, 0.25) is 0 Å². The fourth-order valence-corrected chi connectivity index (χ4v) is 3.40. The van der Waals surface area contributed by atoms with Crippen molar-refractivity contribution in [2.75, 3.05) is 6.54 Å². The minimum atomic E-state index is -0.209. The van der Waals surface area contributed by atoms with E-state index in [2.05, 4.69) is 17.2 Å². The van der Waals surface area contributed by atoms with Crippen molar-refractivity contribution in [2.24, 2.45) is 5.92 Å². The number of hydrogen-bond donors (Lipinski definition) is 1. The Morgan fingerprint density at radius 2 is 2.35 bits per heavy atom. The molecule has 1 aromatic heterocycles. The Labute approximate surface area is 104 Å². The second-order valence-corrected chi connectivity index (χ2v) is 5.86. The van der Waals surface area contributed by atoms with Gasteiger partial charge in [-0.05, 0) is 37.4 Å². The molecular weight excluding hydrogens is 235 g/mol. The van der Waals surface area contributed by atoms with Crippen LogP contribution in [0.4, 0.5) is 4.39 Å². The van der Waals surface area contributed by atoms with Gasteiger partial charge in [-0.15, -0.1) is 11.3 Å². The summed E-state index contributed by atoms with van der Waals surface area (Å²) in [5.74, 6) is 0.532. The van der Waals surface area contributed by atoms with E-state index in [1.54, 1.807) is 11.3 Å². The van der Waals surface area contributed by atoms with Crippen LogP contribution in [0.15, 0.2) is 18.2 Å². The lowest BCUT2D eigenvalue weighted by molar-refractivity contribution is 0.325. The van der Waals surface area contributed by atoms with Crippen molar-refractivity contribution in [3.8, 4) is 0 Å². The molecular formula is C13H15FN2S. The molecule has 2 nitrogen and oxygen atoms in total. The first-order chi connectivity index (χ1) is 8.22. The van der Waals surface area contributed by atoms with E-state index < -0.39 is 0 Å². The summed E-state index contributed by atoms with van der Waals surface area (Å²) in [6.45, 7) is 3.33. The molecule has 0 saturated carbocycles. The fourth-order valence-electron chi connectivity index (χ4n) is 2.36. The first-order valence-corrected chi connectivity index (χ1v) is 6.83. The van der Waals surface area contributed by atoms with Gasteiger partial charge in [0.05, 0.1) is 16.3 Å². The standard InChI is InChI=1S/C13H15FN2S/c1-8-4-5-15-11(6-8)13-16-10-7-9(14)2-3-12(10)17-13/h2-3,7-8,11,15H,4-6H2,1H3. The summed E-state index contributed by atoms with van der Waals surface area (Å²) in [5.41, 5.74) is 0.782. The monoisotopic (exact) mass is 250 g/mol. The van der Waals surface area contributed by atoms with E-state index in [1.807, 2.05) is 6.07 Å². The van der Waals surface area contributed by atoms with Crippen molar-refractivity contribution in [2.45, 2.75) is 25.8 Å². The highest BCUT2D eigenvalue weighted by Gasteiger charge is 2.22. The predicted octanol–water partition coefficient (Wildman–Crippen LogP) is 3.50. The molecule has 2 heterocycles. The van der Waals surface area contributed by atoms with E-state index in [-0.39, 0.29) is 5.82 Å². The van der Waals surface area contributed by atoms with Gasteiger partial charge in [-0.2, -0.15) is 0 Å². The van der Waals surface area contributed by atoms with Crippen LogP contribution in [0.25, 0.3) is 10.2 Å². The zero-order valence-corrected chi connectivity index (χ0v) is 10.6. The maximum atomic E-state index is 13.1. The lowest BCUT2D eigenvalue weighted by atomic mass is 9.95. The molecule has 1 aromatic carbocycles. The summed E-state index contributed by atoms with van der Waals surface area (Å²) >= 11 is 1.67. The predicted molar refractivity (Wildman–Crippen MR) is 68.7 cm³/mol. The van der Waals surface area contributed by atoms with Gasteiger partial charge in [-0.1, -0.05) is 6.92 Å². The Bertz CT molecular complexity index is 537. The first kappa shape index (κ1) is 11.1. The van der Waals surface area contributed by atoms with E-state index in [9.17, 15) is 4.39 Å². The second kappa shape index (κ2) is 4.35. The third-order valence-corrected chi connectivity index (χ3v) is 4.48. The van der Waals surface area contributed by atoms with Gasteiger partial charge in [0, 0.05) is 6.07 Å². The van der Waals surface area contributed by atoms with Crippen molar-refractivity contribution in [1.82, 2.24) is 10.3 Å². The van der Waals surface area contributed by atoms with Crippen LogP contribution in [0.5, 0.6) is 0 Å². The van der Waals surface area contributed by atoms with Gasteiger partial charge in [0.15, 0.2) is 0 Å². The normalized spacial score (nSPS) is 25.3. The number of benzene rings is 1. The Balaban J connectivity index is 1.94. The van der Waals surface area contributed by atoms with Crippen LogP contribution in [-0.2, 0) is 0 Å². The summed E-state index contributed by atoms with van der Waals surface area (Å²) < 4.78 is 14.2. The highest BCUT2D eigenvalue weighted by molar-refractivity contribution is 7.18. The quantitative estimate of drug-likeness (QED) is 0.838. The number of thiazole rings is 1. The lowest BCUT2D eigenvalue weighted by Crippen LogP contribution is -2.30. The van der Waals surface area contributed by atoms with Gasteiger partial charge >= 0.3 is 0 Å². The maximum Gasteiger partial charge on any atom is 0.125 e. The Hall–Kier alpha value is -1.00. The van der Waals surface area contributed by atoms with Crippen LogP contribution in [0.1, 0.15) is 30.8 Å². The average Bonchev–Trinajstić information content (AvgIpc) is 2.72. The zero-order chi connectivity index (χ0) is 11.8. The molecule has 2 atom stereocenters. The molecule has 1 aliphatic heterocycles. The zero-order valence-electron chi connectivity index (χ0n) is 9.74. The number of nitrogens with zero attached hydrogens (tertiary/aromatic N) is 1. The number of nitrogens with one attached hydrogen (secondary N) is 1. The topological polar surface area (TPSA) is 24.9 Å². The molecule has 0 bridgehead atoms. The van der Waals surface area contributed by atoms with E-state index in [0.29, 0.717) is 6.04 Å². The van der Waals surface area contributed by atoms with Crippen LogP contribution in [0, 0.1) is 11.7 Å². The molecule has 1 fully saturated rings. The number of halogens is 1. The third kappa shape index (κ3) is 2.19. The maximum absolute atomic E-state index is 13.1. The van der Waals surface area contributed by atoms with Gasteiger partial charge < -0.3 is 5.32 Å². The van der Waals surface area contributed by atoms with Crippen LogP contribution < -0.4 is 5.32 Å². The molecule has 0 radical (unpaired) electrons. The fraction of sp³-hybridized carbons (Fsp3) is 0.462. The molecule has 4 heteroatoms. The molecule has 90 valence electrons. The minimum Gasteiger partial charge on any atom is -0.308 e. The van der Waals surface area contributed by atoms with E-state index in [1.165, 1.54) is 18.6 Å². The van der Waals surface area contributed by atoms with Gasteiger partial charge in [-0.3, -0.25) is 0 Å². The Morgan fingerprint density at radius 1 is 1.47 bits per heavy atom. The smallest absolute Gasteiger partial charge is 0.125 e. The number of hydrogen-bond acceptors (Lipinski definition) is 3. The summed E-state index contributed by atoms with van der Waals surface area (Å²) in [6, 6.07) is 5.18. The van der Waals surface area contributed by atoms with Gasteiger partial charge in [-0.25, -0.2) is 9.37 Å². The third-order valence-electron chi connectivity index (χ3n) is 3.33. The number of aromatic nitrogens is 1. The number of fused-ring (bicyclic) bond motifs is 1. The summed E-state index contributed by atoms with van der Waals surface area (Å²) in [7, 11) is 0. The molecule has 1 N–H and O–H groups in total. The summed E-state index contributed by atoms with van der Waals surface area (Å²) in [6.07, 6.45) is 2.36. The molecule has 17 heavy (non-hydrogen) atoms. The van der Waals surface area contributed by atoms with Crippen LogP contribution in [-0.4, -0.2) is 11.5 Å². The summed E-state index contributed by atoms with van der Waals surface area (Å²) in [4.78, 5) is 4.55. The van der Waals surface area contributed by atoms with Gasteiger partial charge in [0.25, 0.3) is 0 Å². The van der Waals surface area contributed by atoms with Crippen molar-refractivity contribution in [1.29, 1.82) is 0 Å². The van der Waals surface area contributed by atoms with Crippen molar-refractivity contribution in [3.63, 3.8) is 0 Å². The van der Waals surface area contributed by atoms with E-state index in [0.717, 1.165) is 34.1 Å². The van der Waals surface area contributed by atoms with E-state index >= 15 is 0 Å². The van der Waals surface area contributed by atoms with E-state index in [4.69, 9.17) is 0 Å². The summed E-state index contributed by atoms with van der Waals surface area (Å²) in [5, 5.41) is 4.59. The highest BCUT2D eigenvalue weighted by atomic mass is 32.1. The Morgan fingerprint density at radius 3 is 3.18 bits per heavy atom. The molecule has 3 rings (SSSR count). The molecule has 0 spiro atoms. The van der Waals surface area contributed by atoms with Crippen LogP contribution in [0.3, 0.4) is 0 Å². The van der Waals surface area contributed by atoms with Crippen molar-refractivity contribution >= 4 is 21.6 Å². The highest BCUT2D eigenvalue weighted by Crippen LogP contribution is 2.32. The molecule has 2 aromatic rings. The average molecular weight is 250 g/mol. The first-order valence-electron chi connectivity index (χ1n) is 6.02. The minimum absolute atomic E-state index is 0.209. The second-order valence-electron chi connectivity index (χ2n) is 4.80. The molecule has 0 amide bonds. The Kier molecular flexibility index (Phi) is 2.84. The number of piperidine rings is 1.